The molecule has 82 valence electrons. The van der Waals surface area contributed by atoms with Gasteiger partial charge in [-0.1, -0.05) is 6.92 Å². The molecular formula is C8H16N2O4. The molecular weight excluding hydrogens is 188 g/mol. The second kappa shape index (κ2) is 7.28. The van der Waals surface area contributed by atoms with Crippen LogP contribution in [0.3, 0.4) is 0 Å². The van der Waals surface area contributed by atoms with Gasteiger partial charge in [0.25, 0.3) is 0 Å². The number of hydrogen-bond acceptors (Lipinski definition) is 4. The van der Waals surface area contributed by atoms with Crippen LogP contribution in [0, 0.1) is 5.92 Å². The van der Waals surface area contributed by atoms with Crippen molar-refractivity contribution in [1.82, 2.24) is 5.32 Å². The average Bonchev–Trinajstić information content (AvgIpc) is 2.09. The smallest absolute Gasteiger partial charge is 0.307 e. The number of carboxylic acid groups (broad SMARTS) is 1. The molecule has 0 aromatic rings. The average molecular weight is 204 g/mol. The maximum atomic E-state index is 10.4. The van der Waals surface area contributed by atoms with Gasteiger partial charge in [0.15, 0.2) is 0 Å². The van der Waals surface area contributed by atoms with E-state index in [9.17, 15) is 9.59 Å². The second-order valence-electron chi connectivity index (χ2n) is 2.96. The van der Waals surface area contributed by atoms with Gasteiger partial charge in [-0.15, -0.1) is 0 Å². The van der Waals surface area contributed by atoms with E-state index in [4.69, 9.17) is 15.6 Å². The normalized spacial score (nSPS) is 12.4. The standard InChI is InChI=1S/C8H16N2O4/c1-6(8(12)13)4-10-2-3-14-5-7(9)11/h6,10H,2-5H2,1H3,(H2,9,11)(H,12,13). The van der Waals surface area contributed by atoms with Gasteiger partial charge in [0.1, 0.15) is 6.61 Å². The van der Waals surface area contributed by atoms with Crippen LogP contribution in [0.1, 0.15) is 6.92 Å². The third-order valence-corrected chi connectivity index (χ3v) is 1.54. The van der Waals surface area contributed by atoms with Crippen molar-refractivity contribution in [2.24, 2.45) is 11.7 Å². The molecule has 0 aliphatic carbocycles. The molecule has 0 aliphatic heterocycles. The number of amides is 1. The van der Waals surface area contributed by atoms with E-state index in [1.54, 1.807) is 6.92 Å². The summed E-state index contributed by atoms with van der Waals surface area (Å²) in [6.07, 6.45) is 0. The van der Waals surface area contributed by atoms with Crippen molar-refractivity contribution >= 4 is 11.9 Å². The first-order chi connectivity index (χ1) is 6.54. The molecule has 1 unspecified atom stereocenters. The number of nitrogens with two attached hydrogens (primary N) is 1. The number of aliphatic carboxylic acids is 1. The van der Waals surface area contributed by atoms with E-state index in [1.165, 1.54) is 0 Å². The maximum Gasteiger partial charge on any atom is 0.307 e. The Morgan fingerprint density at radius 1 is 1.57 bits per heavy atom. The highest BCUT2D eigenvalue weighted by atomic mass is 16.5. The van der Waals surface area contributed by atoms with Crippen LogP contribution in [0.4, 0.5) is 0 Å². The number of carbonyl (C=O) groups excluding carboxylic acids is 1. The highest BCUT2D eigenvalue weighted by Gasteiger charge is 2.08. The van der Waals surface area contributed by atoms with Crippen molar-refractivity contribution in [3.63, 3.8) is 0 Å². The number of hydrogen-bond donors (Lipinski definition) is 3. The molecule has 0 bridgehead atoms. The molecule has 0 aromatic heterocycles. The van der Waals surface area contributed by atoms with Crippen LogP contribution in [0.5, 0.6) is 0 Å². The zero-order chi connectivity index (χ0) is 11.0. The third kappa shape index (κ3) is 7.51. The van der Waals surface area contributed by atoms with E-state index < -0.39 is 17.8 Å². The molecule has 4 N–H and O–H groups in total. The first kappa shape index (κ1) is 12.9. The Morgan fingerprint density at radius 3 is 2.71 bits per heavy atom. The summed E-state index contributed by atoms with van der Waals surface area (Å²) in [7, 11) is 0. The van der Waals surface area contributed by atoms with Crippen LogP contribution in [-0.2, 0) is 14.3 Å². The van der Waals surface area contributed by atoms with Crippen molar-refractivity contribution in [3.05, 3.63) is 0 Å². The van der Waals surface area contributed by atoms with E-state index >= 15 is 0 Å². The first-order valence-corrected chi connectivity index (χ1v) is 4.33. The molecule has 0 radical (unpaired) electrons. The molecule has 0 heterocycles. The Labute approximate surface area is 82.4 Å². The molecule has 0 aromatic carbocycles. The summed E-state index contributed by atoms with van der Waals surface area (Å²) in [6, 6.07) is 0. The molecule has 1 amide bonds. The van der Waals surface area contributed by atoms with Crippen LogP contribution < -0.4 is 11.1 Å². The molecule has 0 saturated heterocycles. The van der Waals surface area contributed by atoms with Crippen molar-refractivity contribution in [2.75, 3.05) is 26.3 Å². The van der Waals surface area contributed by atoms with E-state index in [0.717, 1.165) is 0 Å². The lowest BCUT2D eigenvalue weighted by molar-refractivity contribution is -0.140. The van der Waals surface area contributed by atoms with Crippen LogP contribution in [0.2, 0.25) is 0 Å². The number of carbonyl (C=O) groups is 2. The Kier molecular flexibility index (Phi) is 6.69. The molecule has 0 fully saturated rings. The van der Waals surface area contributed by atoms with E-state index in [2.05, 4.69) is 5.32 Å². The fourth-order valence-corrected chi connectivity index (χ4v) is 0.723. The minimum absolute atomic E-state index is 0.101. The largest absolute Gasteiger partial charge is 0.481 e. The number of carboxylic acids is 1. The summed E-state index contributed by atoms with van der Waals surface area (Å²) in [4.78, 5) is 20.6. The lowest BCUT2D eigenvalue weighted by Crippen LogP contribution is -2.29. The molecule has 0 spiro atoms. The fourth-order valence-electron chi connectivity index (χ4n) is 0.723. The second-order valence-corrected chi connectivity index (χ2v) is 2.96. The van der Waals surface area contributed by atoms with Gasteiger partial charge in [-0.3, -0.25) is 9.59 Å². The summed E-state index contributed by atoms with van der Waals surface area (Å²) in [5, 5.41) is 11.4. The fraction of sp³-hybridized carbons (Fsp3) is 0.750. The zero-order valence-corrected chi connectivity index (χ0v) is 8.16. The van der Waals surface area contributed by atoms with Crippen LogP contribution in [-0.4, -0.2) is 43.3 Å². The lowest BCUT2D eigenvalue weighted by atomic mass is 10.2. The van der Waals surface area contributed by atoms with Gasteiger partial charge < -0.3 is 20.9 Å². The summed E-state index contributed by atoms with van der Waals surface area (Å²) < 4.78 is 4.85. The molecule has 1 atom stereocenters. The quantitative estimate of drug-likeness (QED) is 0.431. The molecule has 6 heteroatoms. The van der Waals surface area contributed by atoms with Gasteiger partial charge in [-0.05, 0) is 0 Å². The monoisotopic (exact) mass is 204 g/mol. The van der Waals surface area contributed by atoms with Gasteiger partial charge in [0, 0.05) is 13.1 Å². The molecule has 6 nitrogen and oxygen atoms in total. The molecule has 14 heavy (non-hydrogen) atoms. The Balaban J connectivity index is 3.21. The number of ether oxygens (including phenoxy) is 1. The van der Waals surface area contributed by atoms with E-state index in [1.807, 2.05) is 0 Å². The summed E-state index contributed by atoms with van der Waals surface area (Å²) in [5.41, 5.74) is 4.83. The third-order valence-electron chi connectivity index (χ3n) is 1.54. The van der Waals surface area contributed by atoms with Crippen LogP contribution >= 0.6 is 0 Å². The first-order valence-electron chi connectivity index (χ1n) is 4.33. The van der Waals surface area contributed by atoms with Crippen molar-refractivity contribution in [2.45, 2.75) is 6.92 Å². The summed E-state index contributed by atoms with van der Waals surface area (Å²) in [6.45, 7) is 2.74. The lowest BCUT2D eigenvalue weighted by Gasteiger charge is -2.07. The van der Waals surface area contributed by atoms with Gasteiger partial charge in [-0.25, -0.2) is 0 Å². The Hall–Kier alpha value is -1.14. The molecule has 0 aliphatic rings. The highest BCUT2D eigenvalue weighted by Crippen LogP contribution is 1.90. The van der Waals surface area contributed by atoms with Crippen molar-refractivity contribution < 1.29 is 19.4 Å². The maximum absolute atomic E-state index is 10.4. The van der Waals surface area contributed by atoms with Gasteiger partial charge in [-0.2, -0.15) is 0 Å². The minimum Gasteiger partial charge on any atom is -0.481 e. The molecule has 0 saturated carbocycles. The minimum atomic E-state index is -0.837. The summed E-state index contributed by atoms with van der Waals surface area (Å²) in [5.74, 6) is -1.77. The van der Waals surface area contributed by atoms with Gasteiger partial charge in [0.05, 0.1) is 12.5 Å². The van der Waals surface area contributed by atoms with Crippen LogP contribution in [0.25, 0.3) is 0 Å². The van der Waals surface area contributed by atoms with Gasteiger partial charge >= 0.3 is 5.97 Å². The number of primary amides is 1. The highest BCUT2D eigenvalue weighted by molar-refractivity contribution is 5.74. The topological polar surface area (TPSA) is 102 Å². The van der Waals surface area contributed by atoms with Gasteiger partial charge in [0.2, 0.25) is 5.91 Å². The SMILES string of the molecule is CC(CNCCOCC(N)=O)C(=O)O. The number of rotatable bonds is 8. The van der Waals surface area contributed by atoms with Crippen LogP contribution in [0.15, 0.2) is 0 Å². The predicted octanol–water partition coefficient (Wildman–Crippen LogP) is -1.20. The van der Waals surface area contributed by atoms with Crippen molar-refractivity contribution in [3.8, 4) is 0 Å². The molecule has 0 rings (SSSR count). The summed E-state index contributed by atoms with van der Waals surface area (Å²) >= 11 is 0. The van der Waals surface area contributed by atoms with Crippen molar-refractivity contribution in [1.29, 1.82) is 0 Å². The van der Waals surface area contributed by atoms with E-state index in [-0.39, 0.29) is 6.61 Å². The Morgan fingerprint density at radius 2 is 2.21 bits per heavy atom. The van der Waals surface area contributed by atoms with E-state index in [0.29, 0.717) is 19.7 Å². The zero-order valence-electron chi connectivity index (χ0n) is 8.16. The predicted molar refractivity (Wildman–Crippen MR) is 49.7 cm³/mol. The Bertz CT molecular complexity index is 196. The number of nitrogens with one attached hydrogen (secondary N) is 1.